The molecule has 0 saturated heterocycles. The Bertz CT molecular complexity index is 592. The molecule has 114 valence electrons. The first kappa shape index (κ1) is 16.9. The van der Waals surface area contributed by atoms with E-state index >= 15 is 0 Å². The first-order chi connectivity index (χ1) is 9.70. The molecule has 0 fully saturated rings. The summed E-state index contributed by atoms with van der Waals surface area (Å²) < 4.78 is 11.0. The summed E-state index contributed by atoms with van der Waals surface area (Å²) in [5, 5.41) is 13.3. The lowest BCUT2D eigenvalue weighted by atomic mass is 10.2. The average molecular weight is 314 g/mol. The second-order valence-corrected chi connectivity index (χ2v) is 5.73. The topological polar surface area (TPSA) is 136 Å². The van der Waals surface area contributed by atoms with Crippen LogP contribution in [0, 0.1) is 0 Å². The molecule has 0 aliphatic carbocycles. The van der Waals surface area contributed by atoms with E-state index in [4.69, 9.17) is 14.9 Å². The molecule has 0 atom stereocenters. The van der Waals surface area contributed by atoms with E-state index in [1.54, 1.807) is 0 Å². The van der Waals surface area contributed by atoms with Gasteiger partial charge < -0.3 is 25.5 Å². The van der Waals surface area contributed by atoms with Crippen molar-refractivity contribution in [3.8, 4) is 0 Å². The van der Waals surface area contributed by atoms with Crippen LogP contribution in [0.2, 0.25) is 0 Å². The number of nitrogens with one attached hydrogen (secondary N) is 2. The zero-order valence-electron chi connectivity index (χ0n) is 10.9. The Hall–Kier alpha value is -2.15. The van der Waals surface area contributed by atoms with Crippen LogP contribution in [0.15, 0.2) is 36.4 Å². The van der Waals surface area contributed by atoms with Gasteiger partial charge in [-0.2, -0.15) is 0 Å². The van der Waals surface area contributed by atoms with Gasteiger partial charge in [0, 0.05) is 17.8 Å². The number of carboxylic acids is 1. The first-order valence-corrected chi connectivity index (χ1v) is 7.43. The monoisotopic (exact) mass is 314 g/mol. The summed E-state index contributed by atoms with van der Waals surface area (Å²) in [5.74, 6) is -1.12. The minimum absolute atomic E-state index is 0.0127. The van der Waals surface area contributed by atoms with Crippen LogP contribution in [0.25, 0.3) is 0 Å². The van der Waals surface area contributed by atoms with Gasteiger partial charge in [-0.1, -0.05) is 6.58 Å². The highest BCUT2D eigenvalue weighted by molar-refractivity contribution is 7.60. The van der Waals surface area contributed by atoms with Crippen LogP contribution in [0.5, 0.6) is 0 Å². The molecule has 1 aromatic rings. The van der Waals surface area contributed by atoms with Crippen molar-refractivity contribution in [2.24, 2.45) is 0 Å². The molecular weight excluding hydrogens is 299 g/mol. The van der Waals surface area contributed by atoms with E-state index in [0.717, 1.165) is 0 Å². The molecule has 0 saturated carbocycles. The molecule has 0 spiro atoms. The van der Waals surface area contributed by atoms with Crippen molar-refractivity contribution < 1.29 is 29.0 Å². The average Bonchev–Trinajstić information content (AvgIpc) is 2.38. The van der Waals surface area contributed by atoms with E-state index in [1.165, 1.54) is 24.3 Å². The second-order valence-electron chi connectivity index (χ2n) is 4.13. The molecule has 1 rings (SSSR count). The lowest BCUT2D eigenvalue weighted by Gasteiger charge is -2.09. The quantitative estimate of drug-likeness (QED) is 0.386. The molecule has 0 radical (unpaired) electrons. The van der Waals surface area contributed by atoms with Gasteiger partial charge in [0.2, 0.25) is 0 Å². The molecule has 9 heteroatoms. The van der Waals surface area contributed by atoms with Crippen molar-refractivity contribution in [3.05, 3.63) is 36.4 Å². The fraction of sp³-hybridized carbons (Fsp3) is 0.167. The summed E-state index contributed by atoms with van der Waals surface area (Å²) in [7, 11) is -4.30. The molecule has 0 bridgehead atoms. The standard InChI is InChI=1S/C12H15N2O6P/c1-8(11(15)16)6-7-13-12(17)14-9-2-4-10(5-3-9)21(18,19)20/h2-5H,1,6-7H2,(H,15,16)(H2,13,14,17)(H2,18,19,20). The normalized spacial score (nSPS) is 10.8. The Morgan fingerprint density at radius 1 is 1.19 bits per heavy atom. The van der Waals surface area contributed by atoms with Crippen molar-refractivity contribution in [1.29, 1.82) is 0 Å². The minimum atomic E-state index is -4.30. The van der Waals surface area contributed by atoms with E-state index in [1.807, 2.05) is 0 Å². The first-order valence-electron chi connectivity index (χ1n) is 5.82. The molecule has 21 heavy (non-hydrogen) atoms. The van der Waals surface area contributed by atoms with E-state index in [2.05, 4.69) is 17.2 Å². The SMILES string of the molecule is C=C(CCNC(=O)Nc1ccc(P(=O)(O)O)cc1)C(=O)O. The largest absolute Gasteiger partial charge is 0.478 e. The number of benzene rings is 1. The highest BCUT2D eigenvalue weighted by atomic mass is 31.2. The molecular formula is C12H15N2O6P. The third kappa shape index (κ3) is 5.78. The number of hydrogen-bond donors (Lipinski definition) is 5. The number of urea groups is 1. The van der Waals surface area contributed by atoms with Gasteiger partial charge in [-0.15, -0.1) is 0 Å². The number of anilines is 1. The zero-order valence-corrected chi connectivity index (χ0v) is 11.8. The number of carbonyl (C=O) groups excluding carboxylic acids is 1. The number of aliphatic carboxylic acids is 1. The van der Waals surface area contributed by atoms with Crippen LogP contribution in [0.4, 0.5) is 10.5 Å². The maximum atomic E-state index is 11.5. The van der Waals surface area contributed by atoms with Gasteiger partial charge >= 0.3 is 19.6 Å². The van der Waals surface area contributed by atoms with Crippen molar-refractivity contribution in [2.45, 2.75) is 6.42 Å². The number of carboxylic acid groups (broad SMARTS) is 1. The molecule has 0 heterocycles. The molecule has 2 amide bonds. The fourth-order valence-corrected chi connectivity index (χ4v) is 1.89. The van der Waals surface area contributed by atoms with Crippen LogP contribution in [0.3, 0.4) is 0 Å². The van der Waals surface area contributed by atoms with Crippen LogP contribution in [0.1, 0.15) is 6.42 Å². The maximum absolute atomic E-state index is 11.5. The van der Waals surface area contributed by atoms with Gasteiger partial charge in [0.15, 0.2) is 0 Å². The molecule has 0 aliphatic heterocycles. The Morgan fingerprint density at radius 3 is 2.24 bits per heavy atom. The smallest absolute Gasteiger partial charge is 0.356 e. The molecule has 1 aromatic carbocycles. The van der Waals surface area contributed by atoms with E-state index in [0.29, 0.717) is 5.69 Å². The maximum Gasteiger partial charge on any atom is 0.356 e. The number of rotatable bonds is 6. The summed E-state index contributed by atoms with van der Waals surface area (Å²) >= 11 is 0. The van der Waals surface area contributed by atoms with Gasteiger partial charge in [0.1, 0.15) is 0 Å². The Kier molecular flexibility index (Phi) is 5.66. The number of amides is 2. The van der Waals surface area contributed by atoms with Crippen molar-refractivity contribution >= 4 is 30.6 Å². The van der Waals surface area contributed by atoms with E-state index in [-0.39, 0.29) is 23.8 Å². The van der Waals surface area contributed by atoms with Gasteiger partial charge in [-0.25, -0.2) is 9.59 Å². The van der Waals surface area contributed by atoms with Gasteiger partial charge in [0.25, 0.3) is 0 Å². The highest BCUT2D eigenvalue weighted by Crippen LogP contribution is 2.33. The Balaban J connectivity index is 2.47. The highest BCUT2D eigenvalue weighted by Gasteiger charge is 2.16. The van der Waals surface area contributed by atoms with Gasteiger partial charge in [-0.05, 0) is 30.7 Å². The summed E-state index contributed by atoms with van der Waals surface area (Å²) in [4.78, 5) is 39.8. The molecule has 0 unspecified atom stereocenters. The minimum Gasteiger partial charge on any atom is -0.478 e. The summed E-state index contributed by atoms with van der Waals surface area (Å²) in [6.07, 6.45) is 0.111. The second kappa shape index (κ2) is 7.03. The van der Waals surface area contributed by atoms with Gasteiger partial charge in [-0.3, -0.25) is 4.57 Å². The predicted molar refractivity (Wildman–Crippen MR) is 76.5 cm³/mol. The summed E-state index contributed by atoms with van der Waals surface area (Å²) in [6, 6.07) is 4.57. The third-order valence-corrected chi connectivity index (χ3v) is 3.45. The lowest BCUT2D eigenvalue weighted by Crippen LogP contribution is -2.30. The fourth-order valence-electron chi connectivity index (χ4n) is 1.35. The Morgan fingerprint density at radius 2 is 1.76 bits per heavy atom. The molecule has 0 aliphatic rings. The van der Waals surface area contributed by atoms with E-state index in [9.17, 15) is 14.2 Å². The van der Waals surface area contributed by atoms with E-state index < -0.39 is 19.6 Å². The lowest BCUT2D eigenvalue weighted by molar-refractivity contribution is -0.132. The molecule has 0 aromatic heterocycles. The predicted octanol–water partition coefficient (Wildman–Crippen LogP) is 0.642. The van der Waals surface area contributed by atoms with Crippen molar-refractivity contribution in [1.82, 2.24) is 5.32 Å². The van der Waals surface area contributed by atoms with Crippen LogP contribution in [-0.4, -0.2) is 33.4 Å². The van der Waals surface area contributed by atoms with Crippen LogP contribution < -0.4 is 15.9 Å². The van der Waals surface area contributed by atoms with Crippen LogP contribution >= 0.6 is 7.60 Å². The Labute approximate surface area is 120 Å². The van der Waals surface area contributed by atoms with Crippen molar-refractivity contribution in [2.75, 3.05) is 11.9 Å². The number of hydrogen-bond acceptors (Lipinski definition) is 3. The number of carbonyl (C=O) groups is 2. The third-order valence-electron chi connectivity index (χ3n) is 2.48. The summed E-state index contributed by atoms with van der Waals surface area (Å²) in [6.45, 7) is 3.43. The van der Waals surface area contributed by atoms with Crippen molar-refractivity contribution in [3.63, 3.8) is 0 Å². The molecule has 5 N–H and O–H groups in total. The summed E-state index contributed by atoms with van der Waals surface area (Å²) in [5.41, 5.74) is 0.336. The van der Waals surface area contributed by atoms with Gasteiger partial charge in [0.05, 0.1) is 5.30 Å². The zero-order chi connectivity index (χ0) is 16.0. The van der Waals surface area contributed by atoms with Crippen LogP contribution in [-0.2, 0) is 9.36 Å². The molecule has 8 nitrogen and oxygen atoms in total.